The second-order valence-electron chi connectivity index (χ2n) is 6.02. The van der Waals surface area contributed by atoms with Gasteiger partial charge in [0, 0.05) is 11.1 Å². The molecule has 1 aliphatic heterocycles. The largest absolute Gasteiger partial charge is 0.504 e. The first-order valence-corrected chi connectivity index (χ1v) is 8.29. The Balaban J connectivity index is 1.89. The molecule has 2 N–H and O–H groups in total. The Kier molecular flexibility index (Phi) is 5.47. The molecule has 2 aromatic carbocycles. The van der Waals surface area contributed by atoms with Crippen LogP contribution in [0.1, 0.15) is 11.1 Å². The summed E-state index contributed by atoms with van der Waals surface area (Å²) in [5, 5.41) is 19.4. The first-order chi connectivity index (χ1) is 13.0. The standard InChI is InChI=1S/C21H20O6/c1-25-19-9-13(3-5-17(19)22)7-15-11-27-12-16(21(15)24)8-14-4-6-18(23)20(10-14)26-2/h3-10,22-23H,11-12H2,1-2H3/b15-7+,16-8?. The summed E-state index contributed by atoms with van der Waals surface area (Å²) in [6.45, 7) is 0.413. The lowest BCUT2D eigenvalue weighted by molar-refractivity contribution is -0.114. The Labute approximate surface area is 156 Å². The molecule has 0 radical (unpaired) electrons. The first-order valence-electron chi connectivity index (χ1n) is 8.29. The number of phenols is 2. The van der Waals surface area contributed by atoms with Gasteiger partial charge in [-0.2, -0.15) is 0 Å². The summed E-state index contributed by atoms with van der Waals surface area (Å²) in [6.07, 6.45) is 3.43. The molecule has 0 saturated carbocycles. The van der Waals surface area contributed by atoms with Crippen LogP contribution in [0.15, 0.2) is 47.5 Å². The van der Waals surface area contributed by atoms with E-state index in [0.29, 0.717) is 22.6 Å². The van der Waals surface area contributed by atoms with Crippen molar-refractivity contribution in [2.24, 2.45) is 0 Å². The summed E-state index contributed by atoms with van der Waals surface area (Å²) in [5.74, 6) is 0.627. The molecule has 0 bridgehead atoms. The van der Waals surface area contributed by atoms with Crippen LogP contribution in [-0.2, 0) is 9.53 Å². The fraction of sp³-hybridized carbons (Fsp3) is 0.190. The Morgan fingerprint density at radius 1 is 0.852 bits per heavy atom. The van der Waals surface area contributed by atoms with E-state index in [1.807, 2.05) is 0 Å². The van der Waals surface area contributed by atoms with Crippen molar-refractivity contribution in [2.45, 2.75) is 0 Å². The SMILES string of the molecule is COc1cc(C=C2COC/C(=C\c3ccc(O)c(OC)c3)C2=O)ccc1O. The molecule has 27 heavy (non-hydrogen) atoms. The zero-order valence-electron chi connectivity index (χ0n) is 15.1. The zero-order chi connectivity index (χ0) is 19.4. The minimum absolute atomic E-state index is 0.0349. The highest BCUT2D eigenvalue weighted by Crippen LogP contribution is 2.30. The monoisotopic (exact) mass is 368 g/mol. The number of phenolic OH excluding ortho intramolecular Hbond substituents is 2. The van der Waals surface area contributed by atoms with Gasteiger partial charge in [0.15, 0.2) is 28.8 Å². The maximum atomic E-state index is 12.8. The molecule has 0 amide bonds. The molecule has 1 saturated heterocycles. The van der Waals surface area contributed by atoms with Gasteiger partial charge in [-0.15, -0.1) is 0 Å². The number of carbonyl (C=O) groups is 1. The van der Waals surface area contributed by atoms with Crippen molar-refractivity contribution in [3.8, 4) is 23.0 Å². The molecule has 1 aliphatic rings. The second kappa shape index (κ2) is 7.97. The highest BCUT2D eigenvalue weighted by Gasteiger charge is 2.21. The van der Waals surface area contributed by atoms with E-state index in [2.05, 4.69) is 0 Å². The van der Waals surface area contributed by atoms with E-state index in [-0.39, 0.29) is 30.5 Å². The summed E-state index contributed by atoms with van der Waals surface area (Å²) in [7, 11) is 2.93. The smallest absolute Gasteiger partial charge is 0.189 e. The summed E-state index contributed by atoms with van der Waals surface area (Å²) >= 11 is 0. The molecule has 6 nitrogen and oxygen atoms in total. The van der Waals surface area contributed by atoms with Gasteiger partial charge in [0.25, 0.3) is 0 Å². The number of Topliss-reactive ketones (excluding diaryl/α,β-unsaturated/α-hetero) is 1. The highest BCUT2D eigenvalue weighted by molar-refractivity contribution is 6.14. The van der Waals surface area contributed by atoms with Gasteiger partial charge in [0.1, 0.15) is 0 Å². The van der Waals surface area contributed by atoms with Crippen LogP contribution in [0.4, 0.5) is 0 Å². The number of ketones is 1. The maximum absolute atomic E-state index is 12.8. The molecular weight excluding hydrogens is 348 g/mol. The van der Waals surface area contributed by atoms with Gasteiger partial charge in [-0.3, -0.25) is 4.79 Å². The van der Waals surface area contributed by atoms with Gasteiger partial charge in [-0.05, 0) is 47.5 Å². The second-order valence-corrected chi connectivity index (χ2v) is 6.02. The number of methoxy groups -OCH3 is 2. The van der Waals surface area contributed by atoms with Crippen molar-refractivity contribution in [3.05, 3.63) is 58.7 Å². The Morgan fingerprint density at radius 3 is 1.70 bits per heavy atom. The van der Waals surface area contributed by atoms with E-state index in [4.69, 9.17) is 14.2 Å². The number of benzene rings is 2. The minimum atomic E-state index is -0.111. The zero-order valence-corrected chi connectivity index (χ0v) is 15.1. The number of aromatic hydroxyl groups is 2. The maximum Gasteiger partial charge on any atom is 0.189 e. The van der Waals surface area contributed by atoms with E-state index in [0.717, 1.165) is 11.1 Å². The van der Waals surface area contributed by atoms with Gasteiger partial charge in [0.05, 0.1) is 27.4 Å². The number of hydrogen-bond donors (Lipinski definition) is 2. The molecule has 3 rings (SSSR count). The Bertz CT molecular complexity index is 853. The van der Waals surface area contributed by atoms with E-state index >= 15 is 0 Å². The molecule has 1 fully saturated rings. The molecule has 0 aliphatic carbocycles. The van der Waals surface area contributed by atoms with Crippen LogP contribution in [0.5, 0.6) is 23.0 Å². The normalized spacial score (nSPS) is 17.3. The predicted molar refractivity (Wildman–Crippen MR) is 101 cm³/mol. The molecule has 1 heterocycles. The average Bonchev–Trinajstić information content (AvgIpc) is 2.67. The molecule has 0 unspecified atom stereocenters. The van der Waals surface area contributed by atoms with Gasteiger partial charge < -0.3 is 24.4 Å². The van der Waals surface area contributed by atoms with Gasteiger partial charge in [0.2, 0.25) is 0 Å². The van der Waals surface area contributed by atoms with Crippen LogP contribution in [0, 0.1) is 0 Å². The summed E-state index contributed by atoms with van der Waals surface area (Å²) in [4.78, 5) is 12.8. The van der Waals surface area contributed by atoms with Crippen LogP contribution < -0.4 is 9.47 Å². The number of rotatable bonds is 4. The lowest BCUT2D eigenvalue weighted by Gasteiger charge is -2.17. The lowest BCUT2D eigenvalue weighted by atomic mass is 9.97. The van der Waals surface area contributed by atoms with Crippen LogP contribution in [0.25, 0.3) is 12.2 Å². The summed E-state index contributed by atoms with van der Waals surface area (Å²) < 4.78 is 15.7. The van der Waals surface area contributed by atoms with Crippen molar-refractivity contribution < 1.29 is 29.2 Å². The van der Waals surface area contributed by atoms with Crippen molar-refractivity contribution in [1.29, 1.82) is 0 Å². The highest BCUT2D eigenvalue weighted by atomic mass is 16.5. The van der Waals surface area contributed by atoms with Crippen LogP contribution in [0.3, 0.4) is 0 Å². The summed E-state index contributed by atoms with van der Waals surface area (Å²) in [6, 6.07) is 9.72. The molecule has 0 atom stereocenters. The average molecular weight is 368 g/mol. The van der Waals surface area contributed by atoms with E-state index < -0.39 is 0 Å². The van der Waals surface area contributed by atoms with Crippen molar-refractivity contribution >= 4 is 17.9 Å². The quantitative estimate of drug-likeness (QED) is 0.807. The third kappa shape index (κ3) is 4.12. The number of hydrogen-bond acceptors (Lipinski definition) is 6. The molecular formula is C21H20O6. The number of ether oxygens (including phenoxy) is 3. The fourth-order valence-corrected chi connectivity index (χ4v) is 2.79. The minimum Gasteiger partial charge on any atom is -0.504 e. The molecule has 6 heteroatoms. The lowest BCUT2D eigenvalue weighted by Crippen LogP contribution is -2.21. The van der Waals surface area contributed by atoms with Crippen molar-refractivity contribution in [1.82, 2.24) is 0 Å². The molecule has 140 valence electrons. The van der Waals surface area contributed by atoms with E-state index in [9.17, 15) is 15.0 Å². The molecule has 0 spiro atoms. The predicted octanol–water partition coefficient (Wildman–Crippen LogP) is 3.18. The number of carbonyl (C=O) groups excluding carboxylic acids is 1. The van der Waals surface area contributed by atoms with E-state index in [1.54, 1.807) is 36.4 Å². The van der Waals surface area contributed by atoms with Crippen molar-refractivity contribution in [3.63, 3.8) is 0 Å². The first kappa shape index (κ1) is 18.5. The van der Waals surface area contributed by atoms with Crippen LogP contribution in [-0.4, -0.2) is 43.4 Å². The Morgan fingerprint density at radius 2 is 1.30 bits per heavy atom. The van der Waals surface area contributed by atoms with Crippen LogP contribution >= 0.6 is 0 Å². The molecule has 0 aromatic heterocycles. The third-order valence-electron chi connectivity index (χ3n) is 4.19. The van der Waals surface area contributed by atoms with Crippen LogP contribution in [0.2, 0.25) is 0 Å². The summed E-state index contributed by atoms with van der Waals surface area (Å²) in [5.41, 5.74) is 2.46. The fourth-order valence-electron chi connectivity index (χ4n) is 2.79. The molecule has 2 aromatic rings. The van der Waals surface area contributed by atoms with Gasteiger partial charge >= 0.3 is 0 Å². The van der Waals surface area contributed by atoms with Gasteiger partial charge in [-0.25, -0.2) is 0 Å². The third-order valence-corrected chi connectivity index (χ3v) is 4.19. The van der Waals surface area contributed by atoms with Gasteiger partial charge in [-0.1, -0.05) is 12.1 Å². The van der Waals surface area contributed by atoms with E-state index in [1.165, 1.54) is 26.4 Å². The topological polar surface area (TPSA) is 85.2 Å². The Hall–Kier alpha value is -3.25. The van der Waals surface area contributed by atoms with Crippen molar-refractivity contribution in [2.75, 3.05) is 27.4 Å².